The van der Waals surface area contributed by atoms with Crippen LogP contribution in [0.3, 0.4) is 0 Å². The zero-order valence-corrected chi connectivity index (χ0v) is 12.1. The lowest BCUT2D eigenvalue weighted by molar-refractivity contribution is -0.120. The van der Waals surface area contributed by atoms with Crippen LogP contribution in [0, 0.1) is 17.2 Å². The third-order valence-electron chi connectivity index (χ3n) is 3.41. The van der Waals surface area contributed by atoms with Crippen molar-refractivity contribution in [3.05, 3.63) is 34.6 Å². The summed E-state index contributed by atoms with van der Waals surface area (Å²) in [6.45, 7) is 8.35. The van der Waals surface area contributed by atoms with Gasteiger partial charge in [0.25, 0.3) is 0 Å². The zero-order valence-electron chi connectivity index (χ0n) is 11.4. The van der Waals surface area contributed by atoms with E-state index in [4.69, 9.17) is 11.6 Å². The van der Waals surface area contributed by atoms with Crippen molar-refractivity contribution in [1.82, 2.24) is 0 Å². The smallest absolute Gasteiger partial charge is 0.137 e. The predicted octanol–water partition coefficient (Wildman–Crippen LogP) is 4.66. The van der Waals surface area contributed by atoms with Gasteiger partial charge in [-0.05, 0) is 35.1 Å². The van der Waals surface area contributed by atoms with Gasteiger partial charge >= 0.3 is 0 Å². The molecule has 0 fully saturated rings. The molecule has 1 aromatic rings. The first kappa shape index (κ1) is 15.2. The van der Waals surface area contributed by atoms with E-state index in [9.17, 15) is 9.18 Å². The standard InChI is InChI=1S/C15H20ClFO/c1-10(15(2,3)4)7-13(18)9-11-8-12(16)5-6-14(11)17/h5-6,8,10H,7,9H2,1-4H3. The summed E-state index contributed by atoms with van der Waals surface area (Å²) < 4.78 is 13.5. The highest BCUT2D eigenvalue weighted by Crippen LogP contribution is 2.28. The lowest BCUT2D eigenvalue weighted by atomic mass is 9.79. The predicted molar refractivity (Wildman–Crippen MR) is 73.4 cm³/mol. The topological polar surface area (TPSA) is 17.1 Å². The summed E-state index contributed by atoms with van der Waals surface area (Å²) in [5.41, 5.74) is 0.469. The summed E-state index contributed by atoms with van der Waals surface area (Å²) in [7, 11) is 0. The number of Topliss-reactive ketones (excluding diaryl/α,β-unsaturated/α-hetero) is 1. The van der Waals surface area contributed by atoms with Crippen molar-refractivity contribution in [3.8, 4) is 0 Å². The maximum absolute atomic E-state index is 13.5. The number of carbonyl (C=O) groups is 1. The zero-order chi connectivity index (χ0) is 13.9. The Hall–Kier alpha value is -0.890. The highest BCUT2D eigenvalue weighted by Gasteiger charge is 2.22. The summed E-state index contributed by atoms with van der Waals surface area (Å²) >= 11 is 5.80. The number of hydrogen-bond acceptors (Lipinski definition) is 1. The maximum atomic E-state index is 13.5. The van der Waals surface area contributed by atoms with Gasteiger partial charge in [-0.2, -0.15) is 0 Å². The summed E-state index contributed by atoms with van der Waals surface area (Å²) in [4.78, 5) is 11.9. The quantitative estimate of drug-likeness (QED) is 0.777. The number of halogens is 2. The molecular formula is C15H20ClFO. The van der Waals surface area contributed by atoms with Gasteiger partial charge in [0.1, 0.15) is 11.6 Å². The van der Waals surface area contributed by atoms with E-state index >= 15 is 0 Å². The second-order valence-electron chi connectivity index (χ2n) is 5.92. The fourth-order valence-electron chi connectivity index (χ4n) is 1.61. The van der Waals surface area contributed by atoms with Crippen molar-refractivity contribution in [3.63, 3.8) is 0 Å². The van der Waals surface area contributed by atoms with Gasteiger partial charge in [-0.15, -0.1) is 0 Å². The van der Waals surface area contributed by atoms with E-state index in [0.717, 1.165) is 0 Å². The highest BCUT2D eigenvalue weighted by molar-refractivity contribution is 6.30. The van der Waals surface area contributed by atoms with Crippen LogP contribution >= 0.6 is 11.6 Å². The second kappa shape index (κ2) is 5.83. The summed E-state index contributed by atoms with van der Waals surface area (Å²) in [6, 6.07) is 4.32. The van der Waals surface area contributed by atoms with Crippen molar-refractivity contribution in [2.45, 2.75) is 40.5 Å². The monoisotopic (exact) mass is 270 g/mol. The Labute approximate surface area is 113 Å². The fourth-order valence-corrected chi connectivity index (χ4v) is 1.81. The molecule has 0 saturated heterocycles. The average molecular weight is 271 g/mol. The molecule has 0 aliphatic carbocycles. The molecule has 0 bridgehead atoms. The molecule has 18 heavy (non-hydrogen) atoms. The molecule has 0 spiro atoms. The van der Waals surface area contributed by atoms with Gasteiger partial charge < -0.3 is 0 Å². The molecule has 3 heteroatoms. The first-order valence-electron chi connectivity index (χ1n) is 6.16. The molecule has 1 unspecified atom stereocenters. The molecule has 1 nitrogen and oxygen atoms in total. The minimum Gasteiger partial charge on any atom is -0.299 e. The Kier molecular flexibility index (Phi) is 4.92. The molecule has 0 saturated carbocycles. The van der Waals surface area contributed by atoms with Gasteiger partial charge in [0.2, 0.25) is 0 Å². The lowest BCUT2D eigenvalue weighted by Gasteiger charge is -2.26. The average Bonchev–Trinajstić information content (AvgIpc) is 2.22. The van der Waals surface area contributed by atoms with Crippen LogP contribution in [0.2, 0.25) is 5.02 Å². The van der Waals surface area contributed by atoms with Crippen LogP contribution in [-0.2, 0) is 11.2 Å². The number of rotatable bonds is 4. The third kappa shape index (κ3) is 4.41. The molecule has 0 aromatic heterocycles. The number of hydrogen-bond donors (Lipinski definition) is 0. The van der Waals surface area contributed by atoms with Gasteiger partial charge in [-0.25, -0.2) is 4.39 Å². The normalized spacial score (nSPS) is 13.4. The van der Waals surface area contributed by atoms with E-state index in [-0.39, 0.29) is 29.4 Å². The Balaban J connectivity index is 2.68. The summed E-state index contributed by atoms with van der Waals surface area (Å²) in [5.74, 6) is -0.0398. The molecule has 1 rings (SSSR count). The van der Waals surface area contributed by atoms with Crippen molar-refractivity contribution < 1.29 is 9.18 Å². The van der Waals surface area contributed by atoms with Gasteiger partial charge in [0, 0.05) is 17.9 Å². The summed E-state index contributed by atoms with van der Waals surface area (Å²) in [5, 5.41) is 0.461. The first-order valence-corrected chi connectivity index (χ1v) is 6.53. The molecule has 0 aliphatic rings. The minimum absolute atomic E-state index is 0.0543. The van der Waals surface area contributed by atoms with E-state index in [2.05, 4.69) is 20.8 Å². The number of ketones is 1. The Morgan fingerprint density at radius 2 is 2.00 bits per heavy atom. The van der Waals surface area contributed by atoms with Crippen LogP contribution in [0.1, 0.15) is 39.7 Å². The van der Waals surface area contributed by atoms with Gasteiger partial charge in [-0.1, -0.05) is 39.3 Å². The lowest BCUT2D eigenvalue weighted by Crippen LogP contribution is -2.21. The largest absolute Gasteiger partial charge is 0.299 e. The first-order chi connectivity index (χ1) is 8.20. The Morgan fingerprint density at radius 1 is 1.39 bits per heavy atom. The van der Waals surface area contributed by atoms with Crippen LogP contribution in [0.5, 0.6) is 0 Å². The van der Waals surface area contributed by atoms with Crippen LogP contribution in [0.15, 0.2) is 18.2 Å². The molecule has 0 aliphatic heterocycles. The summed E-state index contributed by atoms with van der Waals surface area (Å²) in [6.07, 6.45) is 0.586. The van der Waals surface area contributed by atoms with Crippen LogP contribution in [0.4, 0.5) is 4.39 Å². The molecular weight excluding hydrogens is 251 g/mol. The van der Waals surface area contributed by atoms with Crippen LogP contribution in [-0.4, -0.2) is 5.78 Å². The van der Waals surface area contributed by atoms with Gasteiger partial charge in [0.15, 0.2) is 0 Å². The Morgan fingerprint density at radius 3 is 2.56 bits per heavy atom. The minimum atomic E-state index is -0.365. The molecule has 0 N–H and O–H groups in total. The van der Waals surface area contributed by atoms with E-state index < -0.39 is 0 Å². The van der Waals surface area contributed by atoms with Crippen molar-refractivity contribution >= 4 is 17.4 Å². The van der Waals surface area contributed by atoms with Crippen LogP contribution in [0.25, 0.3) is 0 Å². The van der Waals surface area contributed by atoms with E-state index in [1.165, 1.54) is 18.2 Å². The van der Waals surface area contributed by atoms with E-state index in [1.807, 2.05) is 6.92 Å². The molecule has 0 amide bonds. The van der Waals surface area contributed by atoms with Crippen molar-refractivity contribution in [2.75, 3.05) is 0 Å². The molecule has 0 radical (unpaired) electrons. The van der Waals surface area contributed by atoms with Gasteiger partial charge in [0.05, 0.1) is 0 Å². The van der Waals surface area contributed by atoms with Crippen LogP contribution < -0.4 is 0 Å². The van der Waals surface area contributed by atoms with E-state index in [0.29, 0.717) is 17.0 Å². The molecule has 100 valence electrons. The molecule has 1 atom stereocenters. The number of benzene rings is 1. The second-order valence-corrected chi connectivity index (χ2v) is 6.36. The SMILES string of the molecule is CC(CC(=O)Cc1cc(Cl)ccc1F)C(C)(C)C. The highest BCUT2D eigenvalue weighted by atomic mass is 35.5. The molecule has 0 heterocycles. The maximum Gasteiger partial charge on any atom is 0.137 e. The van der Waals surface area contributed by atoms with E-state index in [1.54, 1.807) is 0 Å². The fraction of sp³-hybridized carbons (Fsp3) is 0.533. The number of carbonyl (C=O) groups excluding carboxylic acids is 1. The Bertz CT molecular complexity index is 435. The molecule has 1 aromatic carbocycles. The van der Waals surface area contributed by atoms with Gasteiger partial charge in [-0.3, -0.25) is 4.79 Å². The van der Waals surface area contributed by atoms with Crippen molar-refractivity contribution in [2.24, 2.45) is 11.3 Å². The third-order valence-corrected chi connectivity index (χ3v) is 3.64. The van der Waals surface area contributed by atoms with Crippen molar-refractivity contribution in [1.29, 1.82) is 0 Å².